The highest BCUT2D eigenvalue weighted by atomic mass is 35.5. The van der Waals surface area contributed by atoms with E-state index in [1.807, 2.05) is 48.1 Å². The van der Waals surface area contributed by atoms with Crippen molar-refractivity contribution >= 4 is 11.6 Å². The minimum Gasteiger partial charge on any atom is -0.217 e. The second kappa shape index (κ2) is 5.11. The van der Waals surface area contributed by atoms with Gasteiger partial charge in [0.2, 0.25) is 0 Å². The molecule has 1 unspecified atom stereocenters. The number of hydrogen-bond acceptors (Lipinski definition) is 2. The van der Waals surface area contributed by atoms with E-state index < -0.39 is 0 Å². The van der Waals surface area contributed by atoms with E-state index in [1.54, 1.807) is 0 Å². The van der Waals surface area contributed by atoms with Crippen molar-refractivity contribution in [3.05, 3.63) is 42.2 Å². The van der Waals surface area contributed by atoms with Gasteiger partial charge in [-0.2, -0.15) is 0 Å². The summed E-state index contributed by atoms with van der Waals surface area (Å²) < 4.78 is 1.89. The lowest BCUT2D eigenvalue weighted by Crippen LogP contribution is -2.24. The van der Waals surface area contributed by atoms with Crippen LogP contribution in [0.4, 0.5) is 0 Å². The quantitative estimate of drug-likeness (QED) is 0.790. The van der Waals surface area contributed by atoms with Gasteiger partial charge in [0.15, 0.2) is 0 Å². The van der Waals surface area contributed by atoms with E-state index in [0.717, 1.165) is 17.8 Å². The molecule has 0 fully saturated rings. The molecule has 18 heavy (non-hydrogen) atoms. The van der Waals surface area contributed by atoms with E-state index in [4.69, 9.17) is 11.6 Å². The van der Waals surface area contributed by atoms with Gasteiger partial charge in [-0.15, -0.1) is 16.7 Å². The van der Waals surface area contributed by atoms with E-state index in [9.17, 15) is 0 Å². The van der Waals surface area contributed by atoms with E-state index in [-0.39, 0.29) is 10.8 Å². The maximum absolute atomic E-state index is 6.13. The molecule has 2 aromatic rings. The minimum absolute atomic E-state index is 0.0551. The van der Waals surface area contributed by atoms with Crippen LogP contribution in [0.2, 0.25) is 0 Å². The predicted octanol–water partition coefficient (Wildman–Crippen LogP) is 3.56. The molecule has 96 valence electrons. The van der Waals surface area contributed by atoms with E-state index in [2.05, 4.69) is 24.2 Å². The standard InChI is InChI=1S/C14H18ClN3/c1-11(15)9-14(2,3)13-10-16-17-18(13)12-7-5-4-6-8-12/h4-8,10-11H,9H2,1-3H3. The summed E-state index contributed by atoms with van der Waals surface area (Å²) >= 11 is 6.13. The first-order valence-corrected chi connectivity index (χ1v) is 6.55. The Hall–Kier alpha value is -1.35. The minimum atomic E-state index is -0.0551. The summed E-state index contributed by atoms with van der Waals surface area (Å²) in [6, 6.07) is 10.0. The van der Waals surface area contributed by atoms with Crippen LogP contribution in [0, 0.1) is 0 Å². The molecule has 0 aliphatic heterocycles. The predicted molar refractivity (Wildman–Crippen MR) is 74.3 cm³/mol. The Morgan fingerprint density at radius 1 is 1.28 bits per heavy atom. The lowest BCUT2D eigenvalue weighted by molar-refractivity contribution is 0.449. The van der Waals surface area contributed by atoms with Gasteiger partial charge in [0.25, 0.3) is 0 Å². The Morgan fingerprint density at radius 3 is 2.56 bits per heavy atom. The molecule has 1 atom stereocenters. The highest BCUT2D eigenvalue weighted by molar-refractivity contribution is 6.20. The van der Waals surface area contributed by atoms with Gasteiger partial charge in [0.1, 0.15) is 0 Å². The molecule has 4 heteroatoms. The first-order chi connectivity index (χ1) is 8.50. The fraction of sp³-hybridized carbons (Fsp3) is 0.429. The lowest BCUT2D eigenvalue weighted by Gasteiger charge is -2.26. The molecule has 0 aliphatic rings. The first-order valence-electron chi connectivity index (χ1n) is 6.11. The van der Waals surface area contributed by atoms with Crippen LogP contribution < -0.4 is 0 Å². The average molecular weight is 264 g/mol. The second-order valence-electron chi connectivity index (χ2n) is 5.24. The summed E-state index contributed by atoms with van der Waals surface area (Å²) in [7, 11) is 0. The number of para-hydroxylation sites is 1. The van der Waals surface area contributed by atoms with Gasteiger partial charge in [0, 0.05) is 10.8 Å². The first kappa shape index (κ1) is 13.1. The number of nitrogens with zero attached hydrogens (tertiary/aromatic N) is 3. The molecule has 0 saturated heterocycles. The summed E-state index contributed by atoms with van der Waals surface area (Å²) in [5.74, 6) is 0. The van der Waals surface area contributed by atoms with Gasteiger partial charge in [-0.05, 0) is 25.5 Å². The highest BCUT2D eigenvalue weighted by Gasteiger charge is 2.27. The van der Waals surface area contributed by atoms with E-state index in [1.165, 1.54) is 0 Å². The van der Waals surface area contributed by atoms with Crippen molar-refractivity contribution in [3.8, 4) is 5.69 Å². The highest BCUT2D eigenvalue weighted by Crippen LogP contribution is 2.30. The Labute approximate surface area is 113 Å². The molecular weight excluding hydrogens is 246 g/mol. The van der Waals surface area contributed by atoms with Gasteiger partial charge in [0.05, 0.1) is 17.6 Å². The van der Waals surface area contributed by atoms with Gasteiger partial charge in [-0.25, -0.2) is 4.68 Å². The molecule has 1 aromatic carbocycles. The van der Waals surface area contributed by atoms with Crippen LogP contribution in [0.3, 0.4) is 0 Å². The van der Waals surface area contributed by atoms with Crippen LogP contribution in [0.1, 0.15) is 32.9 Å². The van der Waals surface area contributed by atoms with E-state index >= 15 is 0 Å². The molecule has 0 saturated carbocycles. The Kier molecular flexibility index (Phi) is 3.71. The lowest BCUT2D eigenvalue weighted by atomic mass is 9.84. The number of hydrogen-bond donors (Lipinski definition) is 0. The fourth-order valence-corrected chi connectivity index (χ4v) is 2.65. The normalized spacial score (nSPS) is 13.6. The molecule has 0 spiro atoms. The number of alkyl halides is 1. The third-order valence-electron chi connectivity index (χ3n) is 3.04. The summed E-state index contributed by atoms with van der Waals surface area (Å²) in [5, 5.41) is 8.35. The fourth-order valence-electron chi connectivity index (χ4n) is 2.26. The molecule has 3 nitrogen and oxygen atoms in total. The van der Waals surface area contributed by atoms with Crippen molar-refractivity contribution in [2.45, 2.75) is 38.0 Å². The van der Waals surface area contributed by atoms with Crippen molar-refractivity contribution in [2.75, 3.05) is 0 Å². The zero-order valence-corrected chi connectivity index (χ0v) is 11.7. The summed E-state index contributed by atoms with van der Waals surface area (Å²) in [6.45, 7) is 6.36. The van der Waals surface area contributed by atoms with Crippen molar-refractivity contribution in [1.29, 1.82) is 0 Å². The smallest absolute Gasteiger partial charge is 0.0735 e. The number of rotatable bonds is 4. The van der Waals surface area contributed by atoms with Crippen molar-refractivity contribution < 1.29 is 0 Å². The largest absolute Gasteiger partial charge is 0.217 e. The number of halogens is 1. The molecule has 0 radical (unpaired) electrons. The number of benzene rings is 1. The van der Waals surface area contributed by atoms with Gasteiger partial charge in [-0.1, -0.05) is 37.3 Å². The van der Waals surface area contributed by atoms with Crippen molar-refractivity contribution in [1.82, 2.24) is 15.0 Å². The van der Waals surface area contributed by atoms with Crippen molar-refractivity contribution in [3.63, 3.8) is 0 Å². The van der Waals surface area contributed by atoms with Gasteiger partial charge in [-0.3, -0.25) is 0 Å². The Morgan fingerprint density at radius 2 is 1.94 bits per heavy atom. The maximum Gasteiger partial charge on any atom is 0.0735 e. The van der Waals surface area contributed by atoms with Gasteiger partial charge < -0.3 is 0 Å². The van der Waals surface area contributed by atoms with Crippen LogP contribution in [0.15, 0.2) is 36.5 Å². The molecule has 0 N–H and O–H groups in total. The van der Waals surface area contributed by atoms with Crippen LogP contribution >= 0.6 is 11.6 Å². The Balaban J connectivity index is 2.39. The van der Waals surface area contributed by atoms with Gasteiger partial charge >= 0.3 is 0 Å². The summed E-state index contributed by atoms with van der Waals surface area (Å²) in [6.07, 6.45) is 2.71. The van der Waals surface area contributed by atoms with Crippen LogP contribution in [0.5, 0.6) is 0 Å². The molecule has 0 bridgehead atoms. The second-order valence-corrected chi connectivity index (χ2v) is 5.98. The van der Waals surface area contributed by atoms with Crippen molar-refractivity contribution in [2.24, 2.45) is 0 Å². The summed E-state index contributed by atoms with van der Waals surface area (Å²) in [4.78, 5) is 0. The zero-order valence-electron chi connectivity index (χ0n) is 11.0. The van der Waals surface area contributed by atoms with E-state index in [0.29, 0.717) is 0 Å². The maximum atomic E-state index is 6.13. The number of aromatic nitrogens is 3. The van der Waals surface area contributed by atoms with Crippen LogP contribution in [-0.4, -0.2) is 20.4 Å². The van der Waals surface area contributed by atoms with Crippen LogP contribution in [0.25, 0.3) is 5.69 Å². The molecule has 1 aromatic heterocycles. The Bertz CT molecular complexity index is 503. The third-order valence-corrected chi connectivity index (χ3v) is 3.19. The topological polar surface area (TPSA) is 30.7 Å². The third kappa shape index (κ3) is 2.72. The molecule has 2 rings (SSSR count). The summed E-state index contributed by atoms with van der Waals surface area (Å²) in [5.41, 5.74) is 2.06. The molecule has 1 heterocycles. The van der Waals surface area contributed by atoms with Crippen LogP contribution in [-0.2, 0) is 5.41 Å². The molecule has 0 aliphatic carbocycles. The SMILES string of the molecule is CC(Cl)CC(C)(C)c1cnnn1-c1ccccc1. The molecular formula is C14H18ClN3. The zero-order chi connectivity index (χ0) is 13.2. The molecule has 0 amide bonds. The monoisotopic (exact) mass is 263 g/mol. The average Bonchev–Trinajstić information content (AvgIpc) is 2.78.